The second-order valence-corrected chi connectivity index (χ2v) is 3.68. The molecule has 0 fully saturated rings. The van der Waals surface area contributed by atoms with E-state index in [9.17, 15) is 18.9 Å². The molecule has 0 amide bonds. The maximum absolute atomic E-state index is 12.6. The van der Waals surface area contributed by atoms with Gasteiger partial charge in [-0.2, -0.15) is 0 Å². The van der Waals surface area contributed by atoms with Crippen LogP contribution in [0.1, 0.15) is 17.6 Å². The SMILES string of the molecule is NCc1cnc([N+](=O)[O-])c(I)c1C(F)F. The predicted octanol–water partition coefficient (Wildman–Crippen LogP) is 1.99. The summed E-state index contributed by atoms with van der Waals surface area (Å²) in [5.41, 5.74) is 4.96. The predicted molar refractivity (Wildman–Crippen MR) is 56.5 cm³/mol. The smallest absolute Gasteiger partial charge is 0.358 e. The topological polar surface area (TPSA) is 82.0 Å². The van der Waals surface area contributed by atoms with Gasteiger partial charge in [-0.05, 0) is 32.5 Å². The molecule has 0 saturated carbocycles. The second kappa shape index (κ2) is 4.75. The molecule has 0 bridgehead atoms. The van der Waals surface area contributed by atoms with Crippen LogP contribution in [0, 0.1) is 13.7 Å². The lowest BCUT2D eigenvalue weighted by Gasteiger charge is -2.07. The molecular weight excluding hydrogens is 323 g/mol. The lowest BCUT2D eigenvalue weighted by molar-refractivity contribution is -0.390. The number of nitro groups is 1. The zero-order chi connectivity index (χ0) is 11.6. The molecule has 1 heterocycles. The first-order valence-electron chi connectivity index (χ1n) is 3.79. The summed E-state index contributed by atoms with van der Waals surface area (Å²) in [7, 11) is 0. The zero-order valence-electron chi connectivity index (χ0n) is 7.28. The van der Waals surface area contributed by atoms with Crippen LogP contribution in [-0.2, 0) is 6.54 Å². The van der Waals surface area contributed by atoms with Crippen molar-refractivity contribution >= 4 is 28.4 Å². The van der Waals surface area contributed by atoms with Crippen molar-refractivity contribution in [3.63, 3.8) is 0 Å². The molecule has 0 atom stereocenters. The number of hydrogen-bond donors (Lipinski definition) is 1. The van der Waals surface area contributed by atoms with E-state index in [1.54, 1.807) is 0 Å². The van der Waals surface area contributed by atoms with Crippen LogP contribution in [0.3, 0.4) is 0 Å². The molecule has 0 radical (unpaired) electrons. The molecule has 0 aliphatic rings. The lowest BCUT2D eigenvalue weighted by atomic mass is 10.1. The van der Waals surface area contributed by atoms with E-state index in [2.05, 4.69) is 4.98 Å². The van der Waals surface area contributed by atoms with Crippen LogP contribution < -0.4 is 5.73 Å². The standard InChI is InChI=1S/C7H6F2IN3O2/c8-6(9)4-3(1-11)2-12-7(5(4)10)13(14)15/h2,6H,1,11H2. The molecule has 15 heavy (non-hydrogen) atoms. The summed E-state index contributed by atoms with van der Waals surface area (Å²) in [6.45, 7) is -0.124. The molecule has 0 saturated heterocycles. The average Bonchev–Trinajstić information content (AvgIpc) is 2.15. The Morgan fingerprint density at radius 1 is 1.67 bits per heavy atom. The van der Waals surface area contributed by atoms with Crippen LogP contribution in [0.15, 0.2) is 6.20 Å². The van der Waals surface area contributed by atoms with E-state index in [-0.39, 0.29) is 15.7 Å². The number of halogens is 3. The van der Waals surface area contributed by atoms with Crippen molar-refractivity contribution in [1.29, 1.82) is 0 Å². The number of rotatable bonds is 3. The Bertz CT molecular complexity index is 400. The third-order valence-electron chi connectivity index (χ3n) is 1.73. The Hall–Kier alpha value is -0.900. The maximum atomic E-state index is 12.6. The fraction of sp³-hybridized carbons (Fsp3) is 0.286. The van der Waals surface area contributed by atoms with E-state index in [0.717, 1.165) is 6.20 Å². The van der Waals surface area contributed by atoms with Gasteiger partial charge in [-0.25, -0.2) is 8.78 Å². The van der Waals surface area contributed by atoms with E-state index in [4.69, 9.17) is 5.73 Å². The third kappa shape index (κ3) is 2.37. The van der Waals surface area contributed by atoms with Crippen molar-refractivity contribution < 1.29 is 13.7 Å². The maximum Gasteiger partial charge on any atom is 0.377 e. The summed E-state index contributed by atoms with van der Waals surface area (Å²) in [5.74, 6) is -0.567. The highest BCUT2D eigenvalue weighted by Gasteiger charge is 2.25. The molecule has 82 valence electrons. The Morgan fingerprint density at radius 3 is 2.67 bits per heavy atom. The average molecular weight is 329 g/mol. The molecule has 1 rings (SSSR count). The molecule has 5 nitrogen and oxygen atoms in total. The van der Waals surface area contributed by atoms with Gasteiger partial charge in [-0.1, -0.05) is 0 Å². The first-order chi connectivity index (χ1) is 6.99. The van der Waals surface area contributed by atoms with Crippen molar-refractivity contribution in [2.45, 2.75) is 13.0 Å². The highest BCUT2D eigenvalue weighted by atomic mass is 127. The molecular formula is C7H6F2IN3O2. The zero-order valence-corrected chi connectivity index (χ0v) is 9.44. The molecule has 0 spiro atoms. The second-order valence-electron chi connectivity index (χ2n) is 2.60. The Morgan fingerprint density at radius 2 is 2.27 bits per heavy atom. The van der Waals surface area contributed by atoms with Gasteiger partial charge in [0.2, 0.25) is 0 Å². The summed E-state index contributed by atoms with van der Waals surface area (Å²) in [4.78, 5) is 13.1. The van der Waals surface area contributed by atoms with Crippen molar-refractivity contribution in [3.8, 4) is 0 Å². The molecule has 0 aliphatic heterocycles. The Kier molecular flexibility index (Phi) is 3.85. The number of nitrogens with two attached hydrogens (primary N) is 1. The van der Waals surface area contributed by atoms with Crippen molar-refractivity contribution in [2.24, 2.45) is 5.73 Å². The van der Waals surface area contributed by atoms with E-state index < -0.39 is 22.7 Å². The number of pyridine rings is 1. The summed E-state index contributed by atoms with van der Waals surface area (Å²) in [6.07, 6.45) is -1.78. The molecule has 0 unspecified atom stereocenters. The van der Waals surface area contributed by atoms with Crippen LogP contribution in [-0.4, -0.2) is 9.91 Å². The monoisotopic (exact) mass is 329 g/mol. The van der Waals surface area contributed by atoms with Crippen LogP contribution in [0.2, 0.25) is 0 Å². The number of hydrogen-bond acceptors (Lipinski definition) is 4. The lowest BCUT2D eigenvalue weighted by Crippen LogP contribution is -2.08. The van der Waals surface area contributed by atoms with Gasteiger partial charge < -0.3 is 15.8 Å². The van der Waals surface area contributed by atoms with Gasteiger partial charge in [0.25, 0.3) is 6.43 Å². The summed E-state index contributed by atoms with van der Waals surface area (Å²) >= 11 is 1.48. The minimum Gasteiger partial charge on any atom is -0.358 e. The molecule has 0 aromatic carbocycles. The summed E-state index contributed by atoms with van der Waals surface area (Å²) in [5, 5.41) is 10.5. The van der Waals surface area contributed by atoms with E-state index >= 15 is 0 Å². The Labute approximate surface area is 97.0 Å². The van der Waals surface area contributed by atoms with Crippen LogP contribution in [0.25, 0.3) is 0 Å². The molecule has 1 aromatic heterocycles. The van der Waals surface area contributed by atoms with E-state index in [1.807, 2.05) is 0 Å². The fourth-order valence-corrected chi connectivity index (χ4v) is 1.97. The van der Waals surface area contributed by atoms with Gasteiger partial charge in [0, 0.05) is 17.7 Å². The minimum atomic E-state index is -2.79. The fourth-order valence-electron chi connectivity index (χ4n) is 1.05. The van der Waals surface area contributed by atoms with Gasteiger partial charge in [0.15, 0.2) is 0 Å². The van der Waals surface area contributed by atoms with Crippen LogP contribution >= 0.6 is 22.6 Å². The van der Waals surface area contributed by atoms with Crippen molar-refractivity contribution in [1.82, 2.24) is 4.98 Å². The molecule has 1 aromatic rings. The number of alkyl halides is 2. The quantitative estimate of drug-likeness (QED) is 0.522. The van der Waals surface area contributed by atoms with Gasteiger partial charge in [0.1, 0.15) is 9.77 Å². The van der Waals surface area contributed by atoms with Crippen molar-refractivity contribution in [3.05, 3.63) is 31.0 Å². The van der Waals surface area contributed by atoms with Crippen LogP contribution in [0.5, 0.6) is 0 Å². The molecule has 0 aliphatic carbocycles. The van der Waals surface area contributed by atoms with Gasteiger partial charge in [-0.15, -0.1) is 0 Å². The first-order valence-corrected chi connectivity index (χ1v) is 4.86. The normalized spacial score (nSPS) is 10.7. The highest BCUT2D eigenvalue weighted by molar-refractivity contribution is 14.1. The summed E-state index contributed by atoms with van der Waals surface area (Å²) in [6, 6.07) is 0. The van der Waals surface area contributed by atoms with Gasteiger partial charge in [0.05, 0.1) is 0 Å². The first kappa shape index (κ1) is 12.2. The molecule has 8 heteroatoms. The number of aromatic nitrogens is 1. The Balaban J connectivity index is 3.42. The highest BCUT2D eigenvalue weighted by Crippen LogP contribution is 2.32. The minimum absolute atomic E-state index is 0.124. The largest absolute Gasteiger partial charge is 0.377 e. The van der Waals surface area contributed by atoms with Gasteiger partial charge >= 0.3 is 5.82 Å². The summed E-state index contributed by atoms with van der Waals surface area (Å²) < 4.78 is 25.1. The third-order valence-corrected chi connectivity index (χ3v) is 2.80. The molecule has 2 N–H and O–H groups in total. The van der Waals surface area contributed by atoms with Crippen molar-refractivity contribution in [2.75, 3.05) is 0 Å². The van der Waals surface area contributed by atoms with E-state index in [1.165, 1.54) is 22.6 Å². The van der Waals surface area contributed by atoms with E-state index in [0.29, 0.717) is 0 Å². The van der Waals surface area contributed by atoms with Gasteiger partial charge in [-0.3, -0.25) is 0 Å². The van der Waals surface area contributed by atoms with Crippen LogP contribution in [0.4, 0.5) is 14.6 Å². The number of nitrogens with zero attached hydrogens (tertiary/aromatic N) is 2.